The molecular weight excluding hydrogens is 310 g/mol. The van der Waals surface area contributed by atoms with Gasteiger partial charge < -0.3 is 10.4 Å². The molecule has 21 heavy (non-hydrogen) atoms. The molecule has 2 N–H and O–H groups in total. The Labute approximate surface area is 133 Å². The molecule has 0 aromatic heterocycles. The third-order valence-electron chi connectivity index (χ3n) is 3.55. The van der Waals surface area contributed by atoms with Crippen LogP contribution in [0.25, 0.3) is 0 Å². The van der Waals surface area contributed by atoms with Gasteiger partial charge in [-0.2, -0.15) is 0 Å². The number of hydrogen-bond donors (Lipinski definition) is 2. The minimum absolute atomic E-state index is 0.00118. The van der Waals surface area contributed by atoms with E-state index >= 15 is 0 Å². The SMILES string of the molecule is CC(Sc1ccc(Cl)c(C(=O)O)c1)C(=O)NC1CCCC1. The number of carbonyl (C=O) groups excluding carboxylic acids is 1. The van der Waals surface area contributed by atoms with E-state index in [1.165, 1.54) is 30.7 Å². The topological polar surface area (TPSA) is 66.4 Å². The lowest BCUT2D eigenvalue weighted by molar-refractivity contribution is -0.120. The minimum atomic E-state index is -1.06. The molecule has 1 aromatic carbocycles. The first-order valence-corrected chi connectivity index (χ1v) is 8.23. The quantitative estimate of drug-likeness (QED) is 0.811. The summed E-state index contributed by atoms with van der Waals surface area (Å²) < 4.78 is 0. The summed E-state index contributed by atoms with van der Waals surface area (Å²) in [5.41, 5.74) is 0.0602. The molecule has 114 valence electrons. The van der Waals surface area contributed by atoms with Crippen LogP contribution in [0.3, 0.4) is 0 Å². The highest BCUT2D eigenvalue weighted by molar-refractivity contribution is 8.00. The van der Waals surface area contributed by atoms with Gasteiger partial charge in [-0.1, -0.05) is 24.4 Å². The summed E-state index contributed by atoms with van der Waals surface area (Å²) in [6.45, 7) is 1.82. The first-order chi connectivity index (χ1) is 9.97. The number of carboxylic acids is 1. The van der Waals surface area contributed by atoms with E-state index in [9.17, 15) is 9.59 Å². The highest BCUT2D eigenvalue weighted by Crippen LogP contribution is 2.28. The molecule has 1 aromatic rings. The van der Waals surface area contributed by atoms with Crippen LogP contribution in [0, 0.1) is 0 Å². The van der Waals surface area contributed by atoms with Gasteiger partial charge in [0.1, 0.15) is 0 Å². The predicted molar refractivity (Wildman–Crippen MR) is 84.1 cm³/mol. The molecule has 1 fully saturated rings. The summed E-state index contributed by atoms with van der Waals surface area (Å²) in [4.78, 5) is 23.9. The minimum Gasteiger partial charge on any atom is -0.478 e. The van der Waals surface area contributed by atoms with Crippen molar-refractivity contribution in [1.29, 1.82) is 0 Å². The fraction of sp³-hybridized carbons (Fsp3) is 0.467. The van der Waals surface area contributed by atoms with Gasteiger partial charge in [0.15, 0.2) is 0 Å². The van der Waals surface area contributed by atoms with E-state index in [-0.39, 0.29) is 21.7 Å². The van der Waals surface area contributed by atoms with E-state index < -0.39 is 5.97 Å². The van der Waals surface area contributed by atoms with Crippen LogP contribution < -0.4 is 5.32 Å². The normalized spacial score (nSPS) is 16.7. The fourth-order valence-corrected chi connectivity index (χ4v) is 3.50. The van der Waals surface area contributed by atoms with Crippen LogP contribution in [0.1, 0.15) is 43.0 Å². The lowest BCUT2D eigenvalue weighted by Crippen LogP contribution is -2.37. The van der Waals surface area contributed by atoms with Gasteiger partial charge in [-0.05, 0) is 38.0 Å². The number of hydrogen-bond acceptors (Lipinski definition) is 3. The number of carbonyl (C=O) groups is 2. The molecule has 1 aliphatic rings. The van der Waals surface area contributed by atoms with Gasteiger partial charge in [-0.15, -0.1) is 11.8 Å². The number of halogens is 1. The largest absolute Gasteiger partial charge is 0.478 e. The van der Waals surface area contributed by atoms with Crippen molar-refractivity contribution >= 4 is 35.2 Å². The van der Waals surface area contributed by atoms with Gasteiger partial charge in [-0.25, -0.2) is 4.79 Å². The van der Waals surface area contributed by atoms with Gasteiger partial charge in [0.2, 0.25) is 5.91 Å². The van der Waals surface area contributed by atoms with E-state index in [2.05, 4.69) is 5.32 Å². The number of amides is 1. The molecule has 1 saturated carbocycles. The molecular formula is C15H18ClNO3S. The number of carboxylic acid groups (broad SMARTS) is 1. The van der Waals surface area contributed by atoms with Crippen molar-refractivity contribution in [2.75, 3.05) is 0 Å². The van der Waals surface area contributed by atoms with Crippen molar-refractivity contribution in [3.63, 3.8) is 0 Å². The predicted octanol–water partition coefficient (Wildman–Crippen LogP) is 3.58. The second-order valence-corrected chi connectivity index (χ2v) is 7.02. The molecule has 1 aliphatic carbocycles. The van der Waals surface area contributed by atoms with Crippen molar-refractivity contribution < 1.29 is 14.7 Å². The molecule has 0 spiro atoms. The maximum Gasteiger partial charge on any atom is 0.337 e. The summed E-state index contributed by atoms with van der Waals surface area (Å²) in [5.74, 6) is -1.07. The molecule has 0 saturated heterocycles. The summed E-state index contributed by atoms with van der Waals surface area (Å²) >= 11 is 7.18. The van der Waals surface area contributed by atoms with Gasteiger partial charge in [0, 0.05) is 10.9 Å². The Morgan fingerprint density at radius 1 is 1.38 bits per heavy atom. The molecule has 0 heterocycles. The van der Waals surface area contributed by atoms with E-state index in [1.807, 2.05) is 6.92 Å². The van der Waals surface area contributed by atoms with E-state index in [1.54, 1.807) is 12.1 Å². The summed E-state index contributed by atoms with van der Waals surface area (Å²) in [6, 6.07) is 5.09. The standard InChI is InChI=1S/C15H18ClNO3S/c1-9(14(18)17-10-4-2-3-5-10)21-11-6-7-13(16)12(8-11)15(19)20/h6-10H,2-5H2,1H3,(H,17,18)(H,19,20). The van der Waals surface area contributed by atoms with E-state index in [4.69, 9.17) is 16.7 Å². The summed E-state index contributed by atoms with van der Waals surface area (Å²) in [7, 11) is 0. The first-order valence-electron chi connectivity index (χ1n) is 6.97. The molecule has 2 rings (SSSR count). The molecule has 0 aliphatic heterocycles. The van der Waals surface area contributed by atoms with Crippen LogP contribution in [0.15, 0.2) is 23.1 Å². The number of nitrogens with one attached hydrogen (secondary N) is 1. The van der Waals surface area contributed by atoms with Crippen LogP contribution in [-0.2, 0) is 4.79 Å². The Balaban J connectivity index is 1.98. The highest BCUT2D eigenvalue weighted by Gasteiger charge is 2.21. The van der Waals surface area contributed by atoms with Gasteiger partial charge in [0.25, 0.3) is 0 Å². The molecule has 6 heteroatoms. The van der Waals surface area contributed by atoms with Crippen molar-refractivity contribution in [2.45, 2.75) is 48.8 Å². The highest BCUT2D eigenvalue weighted by atomic mass is 35.5. The molecule has 0 radical (unpaired) electrons. The molecule has 4 nitrogen and oxygen atoms in total. The Bertz CT molecular complexity index is 544. The third-order valence-corrected chi connectivity index (χ3v) is 4.98. The smallest absolute Gasteiger partial charge is 0.337 e. The third kappa shape index (κ3) is 4.38. The maximum atomic E-state index is 12.1. The molecule has 1 unspecified atom stereocenters. The van der Waals surface area contributed by atoms with Gasteiger partial charge in [0.05, 0.1) is 15.8 Å². The second-order valence-electron chi connectivity index (χ2n) is 5.20. The van der Waals surface area contributed by atoms with Crippen LogP contribution in [-0.4, -0.2) is 28.3 Å². The Kier molecular flexibility index (Phi) is 5.53. The number of aromatic carboxylic acids is 1. The molecule has 1 atom stereocenters. The first kappa shape index (κ1) is 16.2. The zero-order valence-electron chi connectivity index (χ0n) is 11.8. The average Bonchev–Trinajstić information content (AvgIpc) is 2.93. The maximum absolute atomic E-state index is 12.1. The Hall–Kier alpha value is -1.20. The van der Waals surface area contributed by atoms with Gasteiger partial charge >= 0.3 is 5.97 Å². The van der Waals surface area contributed by atoms with Crippen LogP contribution in [0.4, 0.5) is 0 Å². The summed E-state index contributed by atoms with van der Waals surface area (Å²) in [5, 5.41) is 12.0. The monoisotopic (exact) mass is 327 g/mol. The lowest BCUT2D eigenvalue weighted by atomic mass is 10.2. The Morgan fingerprint density at radius 2 is 2.05 bits per heavy atom. The van der Waals surface area contributed by atoms with Crippen LogP contribution >= 0.6 is 23.4 Å². The lowest BCUT2D eigenvalue weighted by Gasteiger charge is -2.16. The molecule has 0 bridgehead atoms. The van der Waals surface area contributed by atoms with E-state index in [0.29, 0.717) is 6.04 Å². The number of thioether (sulfide) groups is 1. The van der Waals surface area contributed by atoms with Crippen molar-refractivity contribution in [2.24, 2.45) is 0 Å². The zero-order valence-corrected chi connectivity index (χ0v) is 13.3. The zero-order chi connectivity index (χ0) is 15.4. The fourth-order valence-electron chi connectivity index (χ4n) is 2.39. The van der Waals surface area contributed by atoms with Crippen molar-refractivity contribution in [3.8, 4) is 0 Å². The number of benzene rings is 1. The van der Waals surface area contributed by atoms with Crippen LogP contribution in [0.2, 0.25) is 5.02 Å². The van der Waals surface area contributed by atoms with E-state index in [0.717, 1.165) is 17.7 Å². The van der Waals surface area contributed by atoms with Crippen LogP contribution in [0.5, 0.6) is 0 Å². The summed E-state index contributed by atoms with van der Waals surface area (Å²) in [6.07, 6.45) is 4.44. The van der Waals surface area contributed by atoms with Crippen molar-refractivity contribution in [3.05, 3.63) is 28.8 Å². The van der Waals surface area contributed by atoms with Gasteiger partial charge in [-0.3, -0.25) is 4.79 Å². The Morgan fingerprint density at radius 3 is 2.67 bits per heavy atom. The number of rotatable bonds is 5. The second kappa shape index (κ2) is 7.18. The average molecular weight is 328 g/mol. The molecule has 1 amide bonds. The van der Waals surface area contributed by atoms with Crippen molar-refractivity contribution in [1.82, 2.24) is 5.32 Å².